The summed E-state index contributed by atoms with van der Waals surface area (Å²) in [7, 11) is 0. The molecule has 1 unspecified atom stereocenters. The summed E-state index contributed by atoms with van der Waals surface area (Å²) in [6, 6.07) is 11.5. The minimum atomic E-state index is 0.211. The molecule has 3 nitrogen and oxygen atoms in total. The van der Waals surface area contributed by atoms with E-state index in [-0.39, 0.29) is 6.04 Å². The Morgan fingerprint density at radius 2 is 2.06 bits per heavy atom. The van der Waals surface area contributed by atoms with Crippen molar-refractivity contribution in [2.75, 3.05) is 0 Å². The molecule has 3 heteroatoms. The molecule has 1 heterocycles. The van der Waals surface area contributed by atoms with Crippen molar-refractivity contribution >= 4 is 0 Å². The minimum absolute atomic E-state index is 0.211. The smallest absolute Gasteiger partial charge is 0.120 e. The molecule has 0 aliphatic rings. The first-order valence-electron chi connectivity index (χ1n) is 5.67. The van der Waals surface area contributed by atoms with E-state index in [1.165, 1.54) is 0 Å². The first-order chi connectivity index (χ1) is 8.27. The topological polar surface area (TPSA) is 45.1 Å². The van der Waals surface area contributed by atoms with Crippen molar-refractivity contribution in [3.05, 3.63) is 59.9 Å². The fourth-order valence-corrected chi connectivity index (χ4v) is 1.67. The second-order valence-corrected chi connectivity index (χ2v) is 4.02. The van der Waals surface area contributed by atoms with Crippen LogP contribution in [0, 0.1) is 0 Å². The Hall–Kier alpha value is -1.87. The van der Waals surface area contributed by atoms with Gasteiger partial charge >= 0.3 is 0 Å². The van der Waals surface area contributed by atoms with Crippen LogP contribution in [0.25, 0.3) is 0 Å². The average Bonchev–Trinajstić information content (AvgIpc) is 2.38. The number of hydrogen-bond acceptors (Lipinski definition) is 3. The number of benzene rings is 1. The lowest BCUT2D eigenvalue weighted by atomic mass is 10.1. The van der Waals surface area contributed by atoms with Crippen LogP contribution in [0.3, 0.4) is 0 Å². The van der Waals surface area contributed by atoms with Gasteiger partial charge in [0.1, 0.15) is 5.75 Å². The van der Waals surface area contributed by atoms with E-state index < -0.39 is 0 Å². The van der Waals surface area contributed by atoms with Crippen molar-refractivity contribution in [1.82, 2.24) is 10.3 Å². The van der Waals surface area contributed by atoms with Gasteiger partial charge in [-0.25, -0.2) is 0 Å². The largest absolute Gasteiger partial charge is 0.508 e. The number of para-hydroxylation sites is 1. The molecule has 0 aliphatic heterocycles. The van der Waals surface area contributed by atoms with Crippen LogP contribution in [0.1, 0.15) is 24.1 Å². The van der Waals surface area contributed by atoms with Crippen molar-refractivity contribution < 1.29 is 5.11 Å². The highest BCUT2D eigenvalue weighted by atomic mass is 16.3. The van der Waals surface area contributed by atoms with Gasteiger partial charge in [0.2, 0.25) is 0 Å². The van der Waals surface area contributed by atoms with Gasteiger partial charge in [-0.05, 0) is 24.6 Å². The monoisotopic (exact) mass is 228 g/mol. The summed E-state index contributed by atoms with van der Waals surface area (Å²) in [6.45, 7) is 2.72. The lowest BCUT2D eigenvalue weighted by Gasteiger charge is -2.14. The third-order valence-corrected chi connectivity index (χ3v) is 2.77. The molecule has 2 N–H and O–H groups in total. The van der Waals surface area contributed by atoms with E-state index >= 15 is 0 Å². The van der Waals surface area contributed by atoms with Crippen LogP contribution in [0.15, 0.2) is 48.8 Å². The zero-order chi connectivity index (χ0) is 12.1. The highest BCUT2D eigenvalue weighted by molar-refractivity contribution is 5.31. The maximum atomic E-state index is 9.64. The SMILES string of the molecule is CC(NCc1ccccc1O)c1cccnc1. The van der Waals surface area contributed by atoms with E-state index in [9.17, 15) is 5.11 Å². The molecule has 1 aromatic heterocycles. The third-order valence-electron chi connectivity index (χ3n) is 2.77. The molecule has 2 rings (SSSR count). The highest BCUT2D eigenvalue weighted by Gasteiger charge is 2.05. The van der Waals surface area contributed by atoms with E-state index in [0.29, 0.717) is 12.3 Å². The van der Waals surface area contributed by atoms with E-state index in [1.807, 2.05) is 36.5 Å². The Labute approximate surface area is 101 Å². The van der Waals surface area contributed by atoms with Gasteiger partial charge in [0.25, 0.3) is 0 Å². The van der Waals surface area contributed by atoms with Crippen molar-refractivity contribution in [3.8, 4) is 5.75 Å². The predicted octanol–water partition coefficient (Wildman–Crippen LogP) is 2.64. The Balaban J connectivity index is 1.97. The van der Waals surface area contributed by atoms with Crippen molar-refractivity contribution in [3.63, 3.8) is 0 Å². The normalized spacial score (nSPS) is 12.3. The number of pyridine rings is 1. The van der Waals surface area contributed by atoms with Gasteiger partial charge in [-0.2, -0.15) is 0 Å². The van der Waals surface area contributed by atoms with Crippen LogP contribution in [-0.4, -0.2) is 10.1 Å². The zero-order valence-electron chi connectivity index (χ0n) is 9.80. The van der Waals surface area contributed by atoms with Crippen LogP contribution in [0.4, 0.5) is 0 Å². The van der Waals surface area contributed by atoms with E-state index in [1.54, 1.807) is 12.3 Å². The molecule has 88 valence electrons. The highest BCUT2D eigenvalue weighted by Crippen LogP contribution is 2.17. The molecule has 0 radical (unpaired) electrons. The first-order valence-corrected chi connectivity index (χ1v) is 5.67. The summed E-state index contributed by atoms with van der Waals surface area (Å²) in [4.78, 5) is 4.09. The lowest BCUT2D eigenvalue weighted by Crippen LogP contribution is -2.18. The van der Waals surface area contributed by atoms with Gasteiger partial charge < -0.3 is 10.4 Å². The fraction of sp³-hybridized carbons (Fsp3) is 0.214. The summed E-state index contributed by atoms with van der Waals surface area (Å²) in [5.41, 5.74) is 2.05. The Morgan fingerprint density at radius 3 is 2.76 bits per heavy atom. The maximum absolute atomic E-state index is 9.64. The fourth-order valence-electron chi connectivity index (χ4n) is 1.67. The average molecular weight is 228 g/mol. The Kier molecular flexibility index (Phi) is 3.73. The Bertz CT molecular complexity index is 471. The molecule has 17 heavy (non-hydrogen) atoms. The molecule has 0 amide bonds. The van der Waals surface area contributed by atoms with Gasteiger partial charge in [-0.3, -0.25) is 4.98 Å². The first kappa shape index (κ1) is 11.6. The molecule has 1 atom stereocenters. The number of phenolic OH excluding ortho intramolecular Hbond substituents is 1. The molecule has 0 saturated carbocycles. The zero-order valence-corrected chi connectivity index (χ0v) is 9.80. The third kappa shape index (κ3) is 3.04. The number of nitrogens with one attached hydrogen (secondary N) is 1. The van der Waals surface area contributed by atoms with Gasteiger partial charge in [-0.15, -0.1) is 0 Å². The van der Waals surface area contributed by atoms with Crippen LogP contribution in [0.2, 0.25) is 0 Å². The molecule has 0 aliphatic carbocycles. The number of rotatable bonds is 4. The predicted molar refractivity (Wildman–Crippen MR) is 67.6 cm³/mol. The summed E-state index contributed by atoms with van der Waals surface area (Å²) in [5, 5.41) is 13.0. The number of aromatic hydroxyl groups is 1. The maximum Gasteiger partial charge on any atom is 0.120 e. The van der Waals surface area contributed by atoms with E-state index in [0.717, 1.165) is 11.1 Å². The van der Waals surface area contributed by atoms with Gasteiger partial charge in [0.05, 0.1) is 0 Å². The van der Waals surface area contributed by atoms with Gasteiger partial charge in [0, 0.05) is 30.5 Å². The Morgan fingerprint density at radius 1 is 1.24 bits per heavy atom. The minimum Gasteiger partial charge on any atom is -0.508 e. The van der Waals surface area contributed by atoms with Crippen LogP contribution in [0.5, 0.6) is 5.75 Å². The molecule has 0 saturated heterocycles. The lowest BCUT2D eigenvalue weighted by molar-refractivity contribution is 0.460. The van der Waals surface area contributed by atoms with Crippen molar-refractivity contribution in [2.45, 2.75) is 19.5 Å². The second kappa shape index (κ2) is 5.46. The number of nitrogens with zero attached hydrogens (tertiary/aromatic N) is 1. The van der Waals surface area contributed by atoms with Gasteiger partial charge in [0.15, 0.2) is 0 Å². The van der Waals surface area contributed by atoms with Crippen LogP contribution < -0.4 is 5.32 Å². The summed E-state index contributed by atoms with van der Waals surface area (Å²) in [5.74, 6) is 0.332. The molecule has 2 aromatic rings. The molecule has 1 aromatic carbocycles. The van der Waals surface area contributed by atoms with Crippen LogP contribution in [-0.2, 0) is 6.54 Å². The standard InChI is InChI=1S/C14H16N2O/c1-11(12-6-4-8-15-9-12)16-10-13-5-2-3-7-14(13)17/h2-9,11,16-17H,10H2,1H3. The molecule has 0 spiro atoms. The molecule has 0 bridgehead atoms. The van der Waals surface area contributed by atoms with E-state index in [4.69, 9.17) is 0 Å². The molecule has 0 fully saturated rings. The molecular weight excluding hydrogens is 212 g/mol. The number of aromatic nitrogens is 1. The van der Waals surface area contributed by atoms with E-state index in [2.05, 4.69) is 17.2 Å². The van der Waals surface area contributed by atoms with Crippen molar-refractivity contribution in [2.24, 2.45) is 0 Å². The van der Waals surface area contributed by atoms with Gasteiger partial charge in [-0.1, -0.05) is 24.3 Å². The van der Waals surface area contributed by atoms with Crippen molar-refractivity contribution in [1.29, 1.82) is 0 Å². The van der Waals surface area contributed by atoms with Crippen LogP contribution >= 0.6 is 0 Å². The summed E-state index contributed by atoms with van der Waals surface area (Å²) >= 11 is 0. The quantitative estimate of drug-likeness (QED) is 0.845. The molecular formula is C14H16N2O. The summed E-state index contributed by atoms with van der Waals surface area (Å²) in [6.07, 6.45) is 3.61. The number of phenols is 1. The summed E-state index contributed by atoms with van der Waals surface area (Å²) < 4.78 is 0. The second-order valence-electron chi connectivity index (χ2n) is 4.02. The number of hydrogen-bond donors (Lipinski definition) is 2.